The third-order valence-electron chi connectivity index (χ3n) is 3.10. The van der Waals surface area contributed by atoms with Crippen LogP contribution in [0, 0.1) is 13.8 Å². The van der Waals surface area contributed by atoms with Crippen molar-refractivity contribution in [3.05, 3.63) is 51.5 Å². The van der Waals surface area contributed by atoms with Gasteiger partial charge in [0.15, 0.2) is 0 Å². The van der Waals surface area contributed by atoms with Gasteiger partial charge in [-0.05, 0) is 49.2 Å². The average molecular weight is 335 g/mol. The van der Waals surface area contributed by atoms with Gasteiger partial charge < -0.3 is 16.2 Å². The molecule has 4 nitrogen and oxygen atoms in total. The van der Waals surface area contributed by atoms with Crippen molar-refractivity contribution in [3.63, 3.8) is 0 Å². The number of aryl methyl sites for hydroxylation is 2. The Balaban J connectivity index is 2.44. The molecule has 0 saturated carbocycles. The number of carboxylic acids is 1. The minimum Gasteiger partial charge on any atom is -0.478 e. The van der Waals surface area contributed by atoms with Gasteiger partial charge in [0.05, 0.1) is 5.56 Å². The van der Waals surface area contributed by atoms with Crippen molar-refractivity contribution in [3.8, 4) is 0 Å². The summed E-state index contributed by atoms with van der Waals surface area (Å²) in [6.07, 6.45) is 0. The maximum atomic E-state index is 11.2. The summed E-state index contributed by atoms with van der Waals surface area (Å²) in [6.45, 7) is 3.78. The predicted molar refractivity (Wildman–Crippen MR) is 84.7 cm³/mol. The zero-order valence-electron chi connectivity index (χ0n) is 11.2. The normalized spacial score (nSPS) is 10.3. The van der Waals surface area contributed by atoms with Gasteiger partial charge in [0.25, 0.3) is 0 Å². The van der Waals surface area contributed by atoms with Crippen molar-refractivity contribution >= 4 is 39.0 Å². The number of nitrogens with one attached hydrogen (secondary N) is 1. The van der Waals surface area contributed by atoms with E-state index in [9.17, 15) is 4.79 Å². The summed E-state index contributed by atoms with van der Waals surface area (Å²) in [5.41, 5.74) is 9.62. The second-order valence-corrected chi connectivity index (χ2v) is 5.56. The molecule has 0 bridgehead atoms. The second-order valence-electron chi connectivity index (χ2n) is 4.64. The van der Waals surface area contributed by atoms with Gasteiger partial charge >= 0.3 is 5.97 Å². The van der Waals surface area contributed by atoms with Crippen molar-refractivity contribution in [2.45, 2.75) is 13.8 Å². The first-order valence-electron chi connectivity index (χ1n) is 6.05. The number of nitrogen functional groups attached to an aromatic ring is 1. The summed E-state index contributed by atoms with van der Waals surface area (Å²) in [5.74, 6) is -1.03. The van der Waals surface area contributed by atoms with Crippen molar-refractivity contribution in [1.29, 1.82) is 0 Å². The molecular formula is C15H15BrN2O2. The summed E-state index contributed by atoms with van der Waals surface area (Å²) in [5, 5.41) is 12.4. The van der Waals surface area contributed by atoms with Crippen LogP contribution in [0.25, 0.3) is 0 Å². The molecule has 0 fully saturated rings. The SMILES string of the molecule is Cc1ccc(Br)cc1Nc1cc(C)c(N)c(C(=O)O)c1. The molecule has 0 aliphatic carbocycles. The number of nitrogens with two attached hydrogens (primary N) is 1. The fraction of sp³-hybridized carbons (Fsp3) is 0.133. The number of benzene rings is 2. The van der Waals surface area contributed by atoms with E-state index < -0.39 is 5.97 Å². The standard InChI is InChI=1S/C15H15BrN2O2/c1-8-3-4-10(16)6-13(8)18-11-5-9(2)14(17)12(7-11)15(19)20/h3-7,18H,17H2,1-2H3,(H,19,20). The molecule has 0 amide bonds. The molecule has 0 aromatic heterocycles. The zero-order chi connectivity index (χ0) is 14.9. The fourth-order valence-corrected chi connectivity index (χ4v) is 2.29. The Morgan fingerprint density at radius 3 is 2.55 bits per heavy atom. The van der Waals surface area contributed by atoms with Gasteiger partial charge in [-0.1, -0.05) is 22.0 Å². The first-order chi connectivity index (χ1) is 9.38. The Morgan fingerprint density at radius 1 is 1.20 bits per heavy atom. The van der Waals surface area contributed by atoms with Crippen LogP contribution in [0.2, 0.25) is 0 Å². The number of hydrogen-bond donors (Lipinski definition) is 3. The highest BCUT2D eigenvalue weighted by Gasteiger charge is 2.12. The molecular weight excluding hydrogens is 320 g/mol. The van der Waals surface area contributed by atoms with E-state index in [1.807, 2.05) is 31.2 Å². The molecule has 0 spiro atoms. The summed E-state index contributed by atoms with van der Waals surface area (Å²) >= 11 is 3.42. The Hall–Kier alpha value is -2.01. The summed E-state index contributed by atoms with van der Waals surface area (Å²) in [6, 6.07) is 9.26. The minimum absolute atomic E-state index is 0.111. The third-order valence-corrected chi connectivity index (χ3v) is 3.59. The molecule has 104 valence electrons. The number of halogens is 1. The quantitative estimate of drug-likeness (QED) is 0.739. The maximum absolute atomic E-state index is 11.2. The molecule has 0 unspecified atom stereocenters. The summed E-state index contributed by atoms with van der Waals surface area (Å²) in [4.78, 5) is 11.2. The summed E-state index contributed by atoms with van der Waals surface area (Å²) < 4.78 is 0.955. The molecule has 0 aliphatic rings. The lowest BCUT2D eigenvalue weighted by Crippen LogP contribution is -2.05. The van der Waals surface area contributed by atoms with E-state index in [1.54, 1.807) is 13.0 Å². The van der Waals surface area contributed by atoms with Crippen molar-refractivity contribution < 1.29 is 9.90 Å². The lowest BCUT2D eigenvalue weighted by Gasteiger charge is -2.13. The van der Waals surface area contributed by atoms with E-state index in [0.717, 1.165) is 21.3 Å². The van der Waals surface area contributed by atoms with Gasteiger partial charge in [0.1, 0.15) is 0 Å². The molecule has 2 aromatic rings. The van der Waals surface area contributed by atoms with E-state index in [4.69, 9.17) is 10.8 Å². The second kappa shape index (κ2) is 5.54. The number of anilines is 3. The van der Waals surface area contributed by atoms with Crippen molar-refractivity contribution in [2.24, 2.45) is 0 Å². The highest BCUT2D eigenvalue weighted by atomic mass is 79.9. The lowest BCUT2D eigenvalue weighted by atomic mass is 10.1. The fourth-order valence-electron chi connectivity index (χ4n) is 1.93. The molecule has 20 heavy (non-hydrogen) atoms. The van der Waals surface area contributed by atoms with Crippen LogP contribution in [0.3, 0.4) is 0 Å². The van der Waals surface area contributed by atoms with Crippen LogP contribution >= 0.6 is 15.9 Å². The van der Waals surface area contributed by atoms with Gasteiger partial charge in [-0.25, -0.2) is 4.79 Å². The summed E-state index contributed by atoms with van der Waals surface area (Å²) in [7, 11) is 0. The van der Waals surface area contributed by atoms with Crippen LogP contribution in [0.5, 0.6) is 0 Å². The topological polar surface area (TPSA) is 75.3 Å². The van der Waals surface area contributed by atoms with E-state index in [-0.39, 0.29) is 5.56 Å². The molecule has 0 radical (unpaired) electrons. The number of rotatable bonds is 3. The lowest BCUT2D eigenvalue weighted by molar-refractivity contribution is 0.0698. The van der Waals surface area contributed by atoms with Crippen LogP contribution in [-0.4, -0.2) is 11.1 Å². The average Bonchev–Trinajstić information content (AvgIpc) is 2.37. The van der Waals surface area contributed by atoms with Crippen LogP contribution in [0.1, 0.15) is 21.5 Å². The van der Waals surface area contributed by atoms with Crippen molar-refractivity contribution in [2.75, 3.05) is 11.1 Å². The monoisotopic (exact) mass is 334 g/mol. The Morgan fingerprint density at radius 2 is 1.90 bits per heavy atom. The van der Waals surface area contributed by atoms with E-state index in [0.29, 0.717) is 11.4 Å². The molecule has 4 N–H and O–H groups in total. The van der Waals surface area contributed by atoms with E-state index in [1.165, 1.54) is 0 Å². The molecule has 0 aliphatic heterocycles. The molecule has 0 atom stereocenters. The first kappa shape index (κ1) is 14.4. The maximum Gasteiger partial charge on any atom is 0.337 e. The van der Waals surface area contributed by atoms with Crippen LogP contribution in [0.15, 0.2) is 34.8 Å². The Kier molecular flexibility index (Phi) is 3.99. The smallest absolute Gasteiger partial charge is 0.337 e. The third kappa shape index (κ3) is 2.93. The largest absolute Gasteiger partial charge is 0.478 e. The minimum atomic E-state index is -1.03. The van der Waals surface area contributed by atoms with Crippen molar-refractivity contribution in [1.82, 2.24) is 0 Å². The number of carboxylic acid groups (broad SMARTS) is 1. The van der Waals surface area contributed by atoms with Crippen LogP contribution < -0.4 is 11.1 Å². The predicted octanol–water partition coefficient (Wildman–Crippen LogP) is 4.09. The number of hydrogen-bond acceptors (Lipinski definition) is 3. The Labute approximate surface area is 125 Å². The van der Waals surface area contributed by atoms with Gasteiger partial charge in [0.2, 0.25) is 0 Å². The van der Waals surface area contributed by atoms with Crippen LogP contribution in [-0.2, 0) is 0 Å². The molecule has 2 rings (SSSR count). The highest BCUT2D eigenvalue weighted by molar-refractivity contribution is 9.10. The molecule has 5 heteroatoms. The van der Waals surface area contributed by atoms with Gasteiger partial charge in [-0.2, -0.15) is 0 Å². The van der Waals surface area contributed by atoms with E-state index >= 15 is 0 Å². The highest BCUT2D eigenvalue weighted by Crippen LogP contribution is 2.28. The Bertz CT molecular complexity index is 684. The first-order valence-corrected chi connectivity index (χ1v) is 6.84. The molecule has 0 saturated heterocycles. The number of aromatic carboxylic acids is 1. The van der Waals surface area contributed by atoms with E-state index in [2.05, 4.69) is 21.2 Å². The van der Waals surface area contributed by atoms with Crippen LogP contribution in [0.4, 0.5) is 17.1 Å². The van der Waals surface area contributed by atoms with Gasteiger partial charge in [0, 0.05) is 21.5 Å². The molecule has 0 heterocycles. The zero-order valence-corrected chi connectivity index (χ0v) is 12.8. The van der Waals surface area contributed by atoms with Gasteiger partial charge in [-0.15, -0.1) is 0 Å². The molecule has 2 aromatic carbocycles. The number of carbonyl (C=O) groups is 1. The van der Waals surface area contributed by atoms with Gasteiger partial charge in [-0.3, -0.25) is 0 Å².